The molecule has 0 radical (unpaired) electrons. The highest BCUT2D eigenvalue weighted by Crippen LogP contribution is 2.26. The van der Waals surface area contributed by atoms with E-state index in [0.717, 1.165) is 47.3 Å². The van der Waals surface area contributed by atoms with Crippen molar-refractivity contribution in [1.29, 1.82) is 0 Å². The largest absolute Gasteiger partial charge is 0.573 e. The first-order valence-corrected chi connectivity index (χ1v) is 15.8. The van der Waals surface area contributed by atoms with E-state index in [1.54, 1.807) is 0 Å². The van der Waals surface area contributed by atoms with E-state index in [9.17, 15) is 18.0 Å². The van der Waals surface area contributed by atoms with Crippen LogP contribution in [0.2, 0.25) is 0 Å². The van der Waals surface area contributed by atoms with Crippen LogP contribution in [-0.2, 0) is 6.42 Å². The number of urea groups is 1. The van der Waals surface area contributed by atoms with Crippen molar-refractivity contribution in [2.24, 2.45) is 4.99 Å². The van der Waals surface area contributed by atoms with Gasteiger partial charge in [0.25, 0.3) is 0 Å². The number of hydrogen-bond acceptors (Lipinski definition) is 5. The van der Waals surface area contributed by atoms with Gasteiger partial charge in [-0.3, -0.25) is 4.57 Å². The maximum absolute atomic E-state index is 12.8. The number of amides is 2. The fourth-order valence-corrected chi connectivity index (χ4v) is 5.93. The van der Waals surface area contributed by atoms with Crippen LogP contribution in [0.4, 0.5) is 18.0 Å². The molecule has 12 heteroatoms. The second-order valence-corrected chi connectivity index (χ2v) is 12.1. The number of alkyl halides is 3. The molecule has 240 valence electrons. The Kier molecular flexibility index (Phi) is 10.1. The van der Waals surface area contributed by atoms with Gasteiger partial charge in [0, 0.05) is 23.2 Å². The Balaban J connectivity index is 1.15. The number of nitrogens with zero attached hydrogens (tertiary/aromatic N) is 5. The lowest BCUT2D eigenvalue weighted by Gasteiger charge is -2.16. The summed E-state index contributed by atoms with van der Waals surface area (Å²) in [5, 5.41) is 9.43. The number of carbonyl (C=O) groups is 1. The molecule has 5 rings (SSSR count). The second kappa shape index (κ2) is 14.2. The summed E-state index contributed by atoms with van der Waals surface area (Å²) in [7, 11) is 0. The lowest BCUT2D eigenvalue weighted by atomic mass is 9.99. The van der Waals surface area contributed by atoms with Gasteiger partial charge in [0.05, 0.1) is 11.4 Å². The molecular formula is C34H35F3N6O2S. The summed E-state index contributed by atoms with van der Waals surface area (Å²) in [6.07, 6.45) is -0.789. The Labute approximate surface area is 269 Å². The Morgan fingerprint density at radius 3 is 2.57 bits per heavy atom. The van der Waals surface area contributed by atoms with E-state index in [0.29, 0.717) is 28.8 Å². The summed E-state index contributed by atoms with van der Waals surface area (Å²) < 4.78 is 44.8. The molecule has 0 fully saturated rings. The van der Waals surface area contributed by atoms with Gasteiger partial charge >= 0.3 is 12.4 Å². The molecule has 46 heavy (non-hydrogen) atoms. The zero-order valence-electron chi connectivity index (χ0n) is 26.0. The van der Waals surface area contributed by atoms with Crippen molar-refractivity contribution in [1.82, 2.24) is 24.6 Å². The molecule has 0 unspecified atom stereocenters. The summed E-state index contributed by atoms with van der Waals surface area (Å²) in [6.45, 7) is 8.91. The monoisotopic (exact) mass is 648 g/mol. The predicted octanol–water partition coefficient (Wildman–Crippen LogP) is 8.06. The number of carbonyl (C=O) groups excluding carboxylic acids is 1. The normalized spacial score (nSPS) is 12.1. The number of unbranched alkanes of at least 4 members (excludes halogenated alkanes) is 1. The van der Waals surface area contributed by atoms with Crippen LogP contribution in [0.1, 0.15) is 55.0 Å². The number of nitrogens with one attached hydrogen (secondary N) is 1. The minimum atomic E-state index is -4.75. The Bertz CT molecular complexity index is 1870. The first-order chi connectivity index (χ1) is 22.0. The number of aromatic nitrogens is 4. The third kappa shape index (κ3) is 8.30. The van der Waals surface area contributed by atoms with Gasteiger partial charge in [0.1, 0.15) is 12.1 Å². The van der Waals surface area contributed by atoms with Gasteiger partial charge in [0.2, 0.25) is 0 Å². The number of thiazole rings is 1. The van der Waals surface area contributed by atoms with Gasteiger partial charge in [0.15, 0.2) is 10.6 Å². The lowest BCUT2D eigenvalue weighted by molar-refractivity contribution is -0.274. The van der Waals surface area contributed by atoms with Crippen molar-refractivity contribution in [3.63, 3.8) is 0 Å². The van der Waals surface area contributed by atoms with Crippen molar-refractivity contribution < 1.29 is 22.7 Å². The van der Waals surface area contributed by atoms with Crippen LogP contribution in [0.5, 0.6) is 5.75 Å². The van der Waals surface area contributed by atoms with Crippen molar-refractivity contribution >= 4 is 17.4 Å². The van der Waals surface area contributed by atoms with Gasteiger partial charge in [-0.15, -0.1) is 29.6 Å². The molecule has 3 aromatic carbocycles. The Hall–Kier alpha value is -4.71. The summed E-state index contributed by atoms with van der Waals surface area (Å²) in [5.41, 5.74) is 6.92. The molecule has 0 saturated carbocycles. The SMILES string of the molecule is Cc1ccc(C(C)C)c(-n2c(C)cs/c2=N\C(=O)NCCCCc2cccc(-c3ncn(-c4ccc(OC(F)(F)F)cc4)n3)c2)c1. The number of aryl methyl sites for hydroxylation is 3. The van der Waals surface area contributed by atoms with Gasteiger partial charge in [-0.2, -0.15) is 4.99 Å². The van der Waals surface area contributed by atoms with E-state index < -0.39 is 6.36 Å². The van der Waals surface area contributed by atoms with Crippen LogP contribution in [0, 0.1) is 13.8 Å². The van der Waals surface area contributed by atoms with E-state index in [4.69, 9.17) is 0 Å². The summed E-state index contributed by atoms with van der Waals surface area (Å²) >= 11 is 1.45. The highest BCUT2D eigenvalue weighted by atomic mass is 32.1. The molecule has 0 aliphatic heterocycles. The van der Waals surface area contributed by atoms with E-state index in [1.165, 1.54) is 52.2 Å². The topological polar surface area (TPSA) is 86.3 Å². The molecule has 0 atom stereocenters. The highest BCUT2D eigenvalue weighted by Gasteiger charge is 2.31. The van der Waals surface area contributed by atoms with Crippen LogP contribution < -0.4 is 14.9 Å². The highest BCUT2D eigenvalue weighted by molar-refractivity contribution is 7.07. The van der Waals surface area contributed by atoms with Gasteiger partial charge in [-0.1, -0.05) is 44.2 Å². The van der Waals surface area contributed by atoms with E-state index in [1.807, 2.05) is 36.6 Å². The Morgan fingerprint density at radius 2 is 1.83 bits per heavy atom. The Morgan fingerprint density at radius 1 is 1.04 bits per heavy atom. The van der Waals surface area contributed by atoms with Crippen LogP contribution in [0.3, 0.4) is 0 Å². The van der Waals surface area contributed by atoms with Crippen LogP contribution >= 0.6 is 11.3 Å². The maximum Gasteiger partial charge on any atom is 0.573 e. The second-order valence-electron chi connectivity index (χ2n) is 11.3. The lowest BCUT2D eigenvalue weighted by Crippen LogP contribution is -2.25. The quantitative estimate of drug-likeness (QED) is 0.155. The standard InChI is InChI=1S/C34H35F3N6O2S/c1-22(2)29-16-11-23(3)18-30(29)43-24(4)20-46-33(43)40-32(44)38-17-6-5-8-25-9-7-10-26(19-25)31-39-21-42(41-31)27-12-14-28(15-13-27)45-34(35,36)37/h7,9-16,18-22H,5-6,8,17H2,1-4H3,(H,38,44)/b40-33-. The molecule has 1 N–H and O–H groups in total. The van der Waals surface area contributed by atoms with Crippen LogP contribution in [0.25, 0.3) is 22.8 Å². The van der Waals surface area contributed by atoms with E-state index in [2.05, 4.69) is 68.7 Å². The van der Waals surface area contributed by atoms with E-state index in [-0.39, 0.29) is 11.8 Å². The molecule has 0 saturated heterocycles. The summed E-state index contributed by atoms with van der Waals surface area (Å²) in [5.74, 6) is 0.524. The fraction of sp³-hybridized carbons (Fsp3) is 0.294. The van der Waals surface area contributed by atoms with E-state index >= 15 is 0 Å². The molecule has 0 aliphatic rings. The van der Waals surface area contributed by atoms with Crippen LogP contribution in [0.15, 0.2) is 83.4 Å². The first-order valence-electron chi connectivity index (χ1n) is 14.9. The summed E-state index contributed by atoms with van der Waals surface area (Å²) in [6, 6.07) is 19.3. The minimum Gasteiger partial charge on any atom is -0.406 e. The average Bonchev–Trinajstić information content (AvgIpc) is 3.63. The van der Waals surface area contributed by atoms with Gasteiger partial charge in [-0.25, -0.2) is 14.5 Å². The van der Waals surface area contributed by atoms with Crippen molar-refractivity contribution in [2.45, 2.75) is 59.2 Å². The van der Waals surface area contributed by atoms with Crippen molar-refractivity contribution in [2.75, 3.05) is 6.54 Å². The zero-order valence-corrected chi connectivity index (χ0v) is 26.8. The van der Waals surface area contributed by atoms with Crippen LogP contribution in [-0.4, -0.2) is 38.3 Å². The fourth-order valence-electron chi connectivity index (χ4n) is 5.06. The zero-order chi connectivity index (χ0) is 32.8. The minimum absolute atomic E-state index is 0.303. The molecule has 2 aromatic heterocycles. The van der Waals surface area contributed by atoms with Crippen molar-refractivity contribution in [3.05, 3.63) is 106 Å². The molecule has 2 heterocycles. The number of rotatable bonds is 10. The first kappa shape index (κ1) is 32.7. The van der Waals surface area contributed by atoms with Gasteiger partial charge in [-0.05, 0) is 92.1 Å². The molecule has 0 spiro atoms. The number of ether oxygens (including phenoxy) is 1. The predicted molar refractivity (Wildman–Crippen MR) is 173 cm³/mol. The summed E-state index contributed by atoms with van der Waals surface area (Å²) in [4.78, 5) is 22.2. The third-order valence-electron chi connectivity index (χ3n) is 7.31. The van der Waals surface area contributed by atoms with Gasteiger partial charge < -0.3 is 10.1 Å². The number of benzene rings is 3. The molecular weight excluding hydrogens is 613 g/mol. The molecule has 2 amide bonds. The smallest absolute Gasteiger partial charge is 0.406 e. The maximum atomic E-state index is 12.8. The molecule has 5 aromatic rings. The average molecular weight is 649 g/mol. The molecule has 0 aliphatic carbocycles. The molecule has 0 bridgehead atoms. The number of halogens is 3. The third-order valence-corrected chi connectivity index (χ3v) is 8.25. The number of hydrogen-bond donors (Lipinski definition) is 1. The molecule has 8 nitrogen and oxygen atoms in total. The van der Waals surface area contributed by atoms with Crippen molar-refractivity contribution in [3.8, 4) is 28.5 Å².